The van der Waals surface area contributed by atoms with Crippen molar-refractivity contribution in [3.8, 4) is 0 Å². The molecule has 0 spiro atoms. The minimum absolute atomic E-state index is 0.508. The molecule has 0 atom stereocenters. The molecule has 0 unspecified atom stereocenters. The van der Waals surface area contributed by atoms with Gasteiger partial charge in [0.05, 0.1) is 5.41 Å². The molecule has 0 aromatic heterocycles. The van der Waals surface area contributed by atoms with E-state index >= 15 is 0 Å². The van der Waals surface area contributed by atoms with Crippen LogP contribution in [0.5, 0.6) is 0 Å². The summed E-state index contributed by atoms with van der Waals surface area (Å²) in [5, 5.41) is 0. The van der Waals surface area contributed by atoms with Gasteiger partial charge in [-0.05, 0) is 17.5 Å². The third-order valence-electron chi connectivity index (χ3n) is 4.95. The lowest BCUT2D eigenvalue weighted by Gasteiger charge is -2.29. The highest BCUT2D eigenvalue weighted by molar-refractivity contribution is 5.75. The molecule has 0 fully saturated rings. The Balaban J connectivity index is 2.08. The fourth-order valence-corrected chi connectivity index (χ4v) is 3.48. The Kier molecular flexibility index (Phi) is 7.74. The van der Waals surface area contributed by atoms with Gasteiger partial charge in [0.1, 0.15) is 6.29 Å². The van der Waals surface area contributed by atoms with Crippen LogP contribution >= 0.6 is 0 Å². The zero-order valence-corrected chi connectivity index (χ0v) is 14.9. The van der Waals surface area contributed by atoms with Crippen LogP contribution in [0, 0.1) is 0 Å². The molecule has 2 aromatic rings. The molecule has 0 aliphatic heterocycles. The van der Waals surface area contributed by atoms with Gasteiger partial charge in [-0.15, -0.1) is 0 Å². The van der Waals surface area contributed by atoms with E-state index < -0.39 is 5.41 Å². The highest BCUT2D eigenvalue weighted by Crippen LogP contribution is 2.35. The van der Waals surface area contributed by atoms with Gasteiger partial charge >= 0.3 is 0 Å². The van der Waals surface area contributed by atoms with Gasteiger partial charge in [0.2, 0.25) is 0 Å². The van der Waals surface area contributed by atoms with Gasteiger partial charge in [-0.1, -0.05) is 113 Å². The van der Waals surface area contributed by atoms with Crippen molar-refractivity contribution in [1.29, 1.82) is 0 Å². The smallest absolute Gasteiger partial charge is 0.134 e. The summed E-state index contributed by atoms with van der Waals surface area (Å²) >= 11 is 0. The lowest BCUT2D eigenvalue weighted by atomic mass is 9.72. The Hall–Kier alpha value is -1.89. The SMILES string of the molecule is CCCCCCCCCC(C=O)(c1ccccc1)c1ccccc1. The highest BCUT2D eigenvalue weighted by atomic mass is 16.1. The van der Waals surface area contributed by atoms with Gasteiger partial charge in [-0.3, -0.25) is 0 Å². The van der Waals surface area contributed by atoms with Crippen LogP contribution in [0.4, 0.5) is 0 Å². The summed E-state index contributed by atoms with van der Waals surface area (Å²) in [7, 11) is 0. The van der Waals surface area contributed by atoms with Crippen molar-refractivity contribution >= 4 is 6.29 Å². The zero-order chi connectivity index (χ0) is 17.1. The van der Waals surface area contributed by atoms with Crippen LogP contribution in [-0.2, 0) is 10.2 Å². The number of carbonyl (C=O) groups excluding carboxylic acids is 1. The van der Waals surface area contributed by atoms with Crippen LogP contribution in [0.15, 0.2) is 60.7 Å². The number of hydrogen-bond donors (Lipinski definition) is 0. The summed E-state index contributed by atoms with van der Waals surface area (Å²) in [5.41, 5.74) is 1.71. The number of rotatable bonds is 11. The molecule has 0 saturated carbocycles. The van der Waals surface area contributed by atoms with E-state index in [4.69, 9.17) is 0 Å². The van der Waals surface area contributed by atoms with Crippen molar-refractivity contribution in [3.05, 3.63) is 71.8 Å². The average Bonchev–Trinajstić information content (AvgIpc) is 2.66. The Bertz CT molecular complexity index is 534. The molecular weight excluding hydrogens is 292 g/mol. The van der Waals surface area contributed by atoms with Crippen LogP contribution in [0.2, 0.25) is 0 Å². The van der Waals surface area contributed by atoms with E-state index in [1.54, 1.807) is 0 Å². The second-order valence-electron chi connectivity index (χ2n) is 6.69. The number of carbonyl (C=O) groups is 1. The predicted molar refractivity (Wildman–Crippen MR) is 102 cm³/mol. The van der Waals surface area contributed by atoms with Crippen molar-refractivity contribution in [2.45, 2.75) is 63.7 Å². The van der Waals surface area contributed by atoms with Gasteiger partial charge in [-0.25, -0.2) is 0 Å². The fraction of sp³-hybridized carbons (Fsp3) is 0.435. The quantitative estimate of drug-likeness (QED) is 0.350. The summed E-state index contributed by atoms with van der Waals surface area (Å²) in [6.45, 7) is 2.25. The molecule has 2 rings (SSSR count). The molecule has 2 aromatic carbocycles. The largest absolute Gasteiger partial charge is 0.302 e. The van der Waals surface area contributed by atoms with Gasteiger partial charge in [0.15, 0.2) is 0 Å². The van der Waals surface area contributed by atoms with Crippen LogP contribution in [0.1, 0.15) is 69.4 Å². The maximum Gasteiger partial charge on any atom is 0.134 e. The molecule has 0 heterocycles. The van der Waals surface area contributed by atoms with E-state index in [0.29, 0.717) is 0 Å². The first-order valence-electron chi connectivity index (χ1n) is 9.41. The van der Waals surface area contributed by atoms with Crippen molar-refractivity contribution < 1.29 is 4.79 Å². The topological polar surface area (TPSA) is 17.1 Å². The molecule has 0 saturated heterocycles. The maximum atomic E-state index is 12.2. The van der Waals surface area contributed by atoms with Crippen LogP contribution in [-0.4, -0.2) is 6.29 Å². The van der Waals surface area contributed by atoms with E-state index in [9.17, 15) is 4.79 Å². The monoisotopic (exact) mass is 322 g/mol. The zero-order valence-electron chi connectivity index (χ0n) is 14.9. The molecule has 0 bridgehead atoms. The van der Waals surface area contributed by atoms with Crippen molar-refractivity contribution in [2.75, 3.05) is 0 Å². The van der Waals surface area contributed by atoms with E-state index in [-0.39, 0.29) is 0 Å². The summed E-state index contributed by atoms with van der Waals surface area (Å²) in [5.74, 6) is 0. The number of benzene rings is 2. The molecule has 1 nitrogen and oxygen atoms in total. The van der Waals surface area contributed by atoms with E-state index in [2.05, 4.69) is 31.2 Å². The van der Waals surface area contributed by atoms with Gasteiger partial charge in [0, 0.05) is 0 Å². The van der Waals surface area contributed by atoms with Crippen molar-refractivity contribution in [1.82, 2.24) is 0 Å². The van der Waals surface area contributed by atoms with Gasteiger partial charge < -0.3 is 4.79 Å². The number of aldehydes is 1. The second-order valence-corrected chi connectivity index (χ2v) is 6.69. The lowest BCUT2D eigenvalue weighted by molar-refractivity contribution is -0.111. The molecule has 0 amide bonds. The third kappa shape index (κ3) is 4.80. The highest BCUT2D eigenvalue weighted by Gasteiger charge is 2.33. The normalized spacial score (nSPS) is 11.4. The Labute approximate surface area is 147 Å². The molecule has 0 radical (unpaired) electrons. The van der Waals surface area contributed by atoms with E-state index in [1.165, 1.54) is 38.5 Å². The molecule has 0 aliphatic rings. The van der Waals surface area contributed by atoms with Gasteiger partial charge in [-0.2, -0.15) is 0 Å². The van der Waals surface area contributed by atoms with Crippen molar-refractivity contribution in [2.24, 2.45) is 0 Å². The molecule has 0 aliphatic carbocycles. The molecule has 128 valence electrons. The first-order valence-corrected chi connectivity index (χ1v) is 9.41. The minimum Gasteiger partial charge on any atom is -0.302 e. The van der Waals surface area contributed by atoms with Gasteiger partial charge in [0.25, 0.3) is 0 Å². The Morgan fingerprint density at radius 3 is 1.62 bits per heavy atom. The summed E-state index contributed by atoms with van der Waals surface area (Å²) < 4.78 is 0. The van der Waals surface area contributed by atoms with Crippen LogP contribution in [0.3, 0.4) is 0 Å². The average molecular weight is 322 g/mol. The molecule has 0 N–H and O–H groups in total. The molecular formula is C23H30O. The number of unbranched alkanes of at least 4 members (excludes halogenated alkanes) is 6. The predicted octanol–water partition coefficient (Wildman–Crippen LogP) is 6.31. The first kappa shape index (κ1) is 18.4. The Morgan fingerprint density at radius 2 is 1.17 bits per heavy atom. The summed E-state index contributed by atoms with van der Waals surface area (Å²) in [6.07, 6.45) is 10.9. The molecule has 1 heteroatoms. The standard InChI is InChI=1S/C23H30O/c1-2-3-4-5-6-7-14-19-23(20-24,21-15-10-8-11-16-21)22-17-12-9-13-18-22/h8-13,15-18,20H,2-7,14,19H2,1H3. The third-order valence-corrected chi connectivity index (χ3v) is 4.95. The minimum atomic E-state index is -0.508. The van der Waals surface area contributed by atoms with Crippen molar-refractivity contribution in [3.63, 3.8) is 0 Å². The second kappa shape index (κ2) is 10.1. The summed E-state index contributed by atoms with van der Waals surface area (Å²) in [6, 6.07) is 20.5. The van der Waals surface area contributed by atoms with E-state index in [0.717, 1.165) is 30.3 Å². The number of hydrogen-bond acceptors (Lipinski definition) is 1. The first-order chi connectivity index (χ1) is 11.8. The molecule has 24 heavy (non-hydrogen) atoms. The summed E-state index contributed by atoms with van der Waals surface area (Å²) in [4.78, 5) is 12.2. The van der Waals surface area contributed by atoms with Crippen LogP contribution < -0.4 is 0 Å². The van der Waals surface area contributed by atoms with Crippen LogP contribution in [0.25, 0.3) is 0 Å². The lowest BCUT2D eigenvalue weighted by Crippen LogP contribution is -2.29. The maximum absolute atomic E-state index is 12.2. The Morgan fingerprint density at radius 1 is 0.708 bits per heavy atom. The fourth-order valence-electron chi connectivity index (χ4n) is 3.48. The van der Waals surface area contributed by atoms with E-state index in [1.807, 2.05) is 36.4 Å².